The fraction of sp³-hybridized carbons (Fsp3) is 0.500. The van der Waals surface area contributed by atoms with Gasteiger partial charge in [-0.1, -0.05) is 12.1 Å². The predicted octanol–water partition coefficient (Wildman–Crippen LogP) is 1.41. The van der Waals surface area contributed by atoms with Gasteiger partial charge in [0.15, 0.2) is 0 Å². The predicted molar refractivity (Wildman–Crippen MR) is 113 cm³/mol. The molecule has 0 bridgehead atoms. The molecule has 8 nitrogen and oxygen atoms in total. The van der Waals surface area contributed by atoms with Crippen LogP contribution in [0.2, 0.25) is 0 Å². The van der Waals surface area contributed by atoms with Crippen LogP contribution < -0.4 is 9.80 Å². The molecule has 0 radical (unpaired) electrons. The van der Waals surface area contributed by atoms with Gasteiger partial charge in [0.05, 0.1) is 19.0 Å². The van der Waals surface area contributed by atoms with E-state index in [1.165, 1.54) is 22.5 Å². The lowest BCUT2D eigenvalue weighted by atomic mass is 10.2. The van der Waals surface area contributed by atoms with Crippen LogP contribution in [-0.4, -0.2) is 75.2 Å². The second-order valence-corrected chi connectivity index (χ2v) is 9.51. The van der Waals surface area contributed by atoms with E-state index in [0.29, 0.717) is 50.9 Å². The second-order valence-electron chi connectivity index (χ2n) is 7.54. The molecule has 0 saturated carbocycles. The molecule has 2 aliphatic rings. The molecule has 10 heteroatoms. The second kappa shape index (κ2) is 8.83. The van der Waals surface area contributed by atoms with Crippen LogP contribution >= 0.6 is 0 Å². The molecule has 0 N–H and O–H groups in total. The summed E-state index contributed by atoms with van der Waals surface area (Å²) >= 11 is 0. The molecule has 0 spiro atoms. The quantitative estimate of drug-likeness (QED) is 0.703. The van der Waals surface area contributed by atoms with Crippen molar-refractivity contribution in [1.29, 1.82) is 0 Å². The first-order valence-corrected chi connectivity index (χ1v) is 11.7. The molecule has 2 fully saturated rings. The smallest absolute Gasteiger partial charge is 0.227 e. The third-order valence-corrected chi connectivity index (χ3v) is 7.17. The number of nitrogens with zero attached hydrogens (tertiary/aromatic N) is 5. The number of morpholine rings is 1. The fourth-order valence-corrected chi connectivity index (χ4v) is 5.23. The number of hydrogen-bond acceptors (Lipinski definition) is 7. The summed E-state index contributed by atoms with van der Waals surface area (Å²) in [7, 11) is -3.51. The van der Waals surface area contributed by atoms with Crippen LogP contribution in [0.5, 0.6) is 0 Å². The third-order valence-electron chi connectivity index (χ3n) is 5.32. The van der Waals surface area contributed by atoms with E-state index in [9.17, 15) is 12.8 Å². The van der Waals surface area contributed by atoms with Crippen molar-refractivity contribution in [2.45, 2.75) is 12.7 Å². The highest BCUT2D eigenvalue weighted by molar-refractivity contribution is 7.88. The van der Waals surface area contributed by atoms with Crippen LogP contribution in [0, 0.1) is 12.7 Å². The van der Waals surface area contributed by atoms with Crippen molar-refractivity contribution in [2.24, 2.45) is 0 Å². The molecule has 3 heterocycles. The monoisotopic (exact) mass is 435 g/mol. The van der Waals surface area contributed by atoms with Gasteiger partial charge in [-0.2, -0.15) is 9.29 Å². The molecule has 0 amide bonds. The number of anilines is 2. The Morgan fingerprint density at radius 3 is 2.43 bits per heavy atom. The SMILES string of the molecule is Cc1cc(N2CCN(S(=O)(=O)Cc3cccc(F)c3)CC2)nc(N2CCOCC2)n1. The van der Waals surface area contributed by atoms with Gasteiger partial charge in [0, 0.05) is 51.0 Å². The van der Waals surface area contributed by atoms with Crippen LogP contribution in [0.4, 0.5) is 16.2 Å². The average Bonchev–Trinajstić information content (AvgIpc) is 2.74. The Hall–Kier alpha value is -2.30. The van der Waals surface area contributed by atoms with Crippen molar-refractivity contribution in [3.05, 3.63) is 47.4 Å². The van der Waals surface area contributed by atoms with E-state index in [0.717, 1.165) is 24.6 Å². The first-order valence-electron chi connectivity index (χ1n) is 10.1. The van der Waals surface area contributed by atoms with Gasteiger partial charge in [-0.3, -0.25) is 0 Å². The first-order chi connectivity index (χ1) is 14.4. The van der Waals surface area contributed by atoms with E-state index >= 15 is 0 Å². The number of benzene rings is 1. The zero-order chi connectivity index (χ0) is 21.1. The largest absolute Gasteiger partial charge is 0.378 e. The van der Waals surface area contributed by atoms with Crippen molar-refractivity contribution in [3.8, 4) is 0 Å². The summed E-state index contributed by atoms with van der Waals surface area (Å²) < 4.78 is 45.8. The van der Waals surface area contributed by atoms with Gasteiger partial charge in [0.2, 0.25) is 16.0 Å². The van der Waals surface area contributed by atoms with Crippen molar-refractivity contribution in [2.75, 3.05) is 62.3 Å². The molecular weight excluding hydrogens is 409 g/mol. The molecule has 0 aliphatic carbocycles. The van der Waals surface area contributed by atoms with Gasteiger partial charge in [0.1, 0.15) is 11.6 Å². The minimum atomic E-state index is -3.51. The lowest BCUT2D eigenvalue weighted by Gasteiger charge is -2.35. The Kier molecular flexibility index (Phi) is 6.16. The number of aromatic nitrogens is 2. The van der Waals surface area contributed by atoms with E-state index in [1.807, 2.05) is 13.0 Å². The Morgan fingerprint density at radius 1 is 1.00 bits per heavy atom. The Labute approximate surface area is 176 Å². The zero-order valence-corrected chi connectivity index (χ0v) is 17.8. The van der Waals surface area contributed by atoms with E-state index in [4.69, 9.17) is 9.72 Å². The Morgan fingerprint density at radius 2 is 1.73 bits per heavy atom. The number of halogens is 1. The van der Waals surface area contributed by atoms with Gasteiger partial charge in [-0.15, -0.1) is 0 Å². The number of hydrogen-bond donors (Lipinski definition) is 0. The molecular formula is C20H26FN5O3S. The molecule has 2 aromatic rings. The van der Waals surface area contributed by atoms with Gasteiger partial charge in [0.25, 0.3) is 0 Å². The molecule has 0 atom stereocenters. The molecule has 4 rings (SSSR count). The molecule has 2 aliphatic heterocycles. The van der Waals surface area contributed by atoms with Crippen LogP contribution in [0.3, 0.4) is 0 Å². The van der Waals surface area contributed by atoms with Crippen molar-refractivity contribution < 1.29 is 17.5 Å². The number of sulfonamides is 1. The number of ether oxygens (including phenoxy) is 1. The number of piperazine rings is 1. The van der Waals surface area contributed by atoms with Gasteiger partial charge >= 0.3 is 0 Å². The average molecular weight is 436 g/mol. The van der Waals surface area contributed by atoms with Gasteiger partial charge in [-0.05, 0) is 24.6 Å². The number of rotatable bonds is 5. The lowest BCUT2D eigenvalue weighted by Crippen LogP contribution is -2.49. The molecule has 2 saturated heterocycles. The highest BCUT2D eigenvalue weighted by Gasteiger charge is 2.28. The maximum atomic E-state index is 13.4. The maximum absolute atomic E-state index is 13.4. The Bertz CT molecular complexity index is 990. The van der Waals surface area contributed by atoms with Crippen LogP contribution in [0.1, 0.15) is 11.3 Å². The summed E-state index contributed by atoms with van der Waals surface area (Å²) in [5, 5.41) is 0. The van der Waals surface area contributed by atoms with Crippen molar-refractivity contribution >= 4 is 21.8 Å². The van der Waals surface area contributed by atoms with Crippen molar-refractivity contribution in [3.63, 3.8) is 0 Å². The summed E-state index contributed by atoms with van der Waals surface area (Å²) in [6.45, 7) is 6.60. The van der Waals surface area contributed by atoms with Crippen LogP contribution in [0.15, 0.2) is 30.3 Å². The van der Waals surface area contributed by atoms with Crippen LogP contribution in [0.25, 0.3) is 0 Å². The normalized spacial score (nSPS) is 18.6. The fourth-order valence-electron chi connectivity index (χ4n) is 3.73. The minimum absolute atomic E-state index is 0.196. The van der Waals surface area contributed by atoms with Gasteiger partial charge in [-0.25, -0.2) is 17.8 Å². The summed E-state index contributed by atoms with van der Waals surface area (Å²) in [5.74, 6) is 0.877. The Balaban J connectivity index is 1.42. The summed E-state index contributed by atoms with van der Waals surface area (Å²) in [6, 6.07) is 7.67. The molecule has 0 unspecified atom stereocenters. The highest BCUT2D eigenvalue weighted by atomic mass is 32.2. The third kappa shape index (κ3) is 4.88. The van der Waals surface area contributed by atoms with Crippen molar-refractivity contribution in [1.82, 2.24) is 14.3 Å². The highest BCUT2D eigenvalue weighted by Crippen LogP contribution is 2.21. The molecule has 1 aromatic carbocycles. The van der Waals surface area contributed by atoms with Crippen LogP contribution in [-0.2, 0) is 20.5 Å². The minimum Gasteiger partial charge on any atom is -0.378 e. The number of aryl methyl sites for hydroxylation is 1. The molecule has 162 valence electrons. The van der Waals surface area contributed by atoms with E-state index in [1.54, 1.807) is 6.07 Å². The standard InChI is InChI=1S/C20H26FN5O3S/c1-16-13-19(23-20(22-16)25-9-11-29-12-10-25)24-5-7-26(8-6-24)30(27,28)15-17-3-2-4-18(21)14-17/h2-4,13-14H,5-12,15H2,1H3. The summed E-state index contributed by atoms with van der Waals surface area (Å²) in [4.78, 5) is 13.5. The maximum Gasteiger partial charge on any atom is 0.227 e. The van der Waals surface area contributed by atoms with E-state index in [-0.39, 0.29) is 5.75 Å². The van der Waals surface area contributed by atoms with Gasteiger partial charge < -0.3 is 14.5 Å². The molecule has 1 aromatic heterocycles. The van der Waals surface area contributed by atoms with E-state index in [2.05, 4.69) is 14.8 Å². The topological polar surface area (TPSA) is 78.9 Å². The lowest BCUT2D eigenvalue weighted by molar-refractivity contribution is 0.122. The summed E-state index contributed by atoms with van der Waals surface area (Å²) in [6.07, 6.45) is 0. The zero-order valence-electron chi connectivity index (χ0n) is 17.0. The molecule has 30 heavy (non-hydrogen) atoms. The van der Waals surface area contributed by atoms with E-state index < -0.39 is 15.8 Å². The summed E-state index contributed by atoms with van der Waals surface area (Å²) in [5.41, 5.74) is 1.33. The first kappa shape index (κ1) is 21.0.